The zero-order valence-corrected chi connectivity index (χ0v) is 9.80. The number of benzene rings is 1. The Hall–Kier alpha value is -1.88. The molecule has 2 N–H and O–H groups in total. The summed E-state index contributed by atoms with van der Waals surface area (Å²) in [4.78, 5) is 24.6. The predicted molar refractivity (Wildman–Crippen MR) is 65.3 cm³/mol. The minimum atomic E-state index is -0.819. The SMILES string of the molecule is O=C1N[C@@H](CO)C(=O)N1c1ccc(C2CC2)cc1. The molecule has 1 aliphatic carbocycles. The smallest absolute Gasteiger partial charge is 0.329 e. The summed E-state index contributed by atoms with van der Waals surface area (Å²) >= 11 is 0. The van der Waals surface area contributed by atoms with Gasteiger partial charge in [0.05, 0.1) is 12.3 Å². The summed E-state index contributed by atoms with van der Waals surface area (Å²) in [5.74, 6) is 0.244. The van der Waals surface area contributed by atoms with E-state index < -0.39 is 18.0 Å². The lowest BCUT2D eigenvalue weighted by atomic mass is 10.1. The van der Waals surface area contributed by atoms with Gasteiger partial charge in [0, 0.05) is 0 Å². The minimum absolute atomic E-state index is 0.374. The first-order valence-corrected chi connectivity index (χ1v) is 6.06. The standard InChI is InChI=1S/C13H14N2O3/c16-7-11-12(17)15(13(18)14-11)10-5-3-9(4-6-10)8-1-2-8/h3-6,8,11,16H,1-2,7H2,(H,14,18)/t11-/m0/s1. The fourth-order valence-corrected chi connectivity index (χ4v) is 2.21. The van der Waals surface area contributed by atoms with E-state index in [2.05, 4.69) is 5.32 Å². The Balaban J connectivity index is 1.85. The molecule has 1 saturated heterocycles. The van der Waals surface area contributed by atoms with Crippen LogP contribution in [0.1, 0.15) is 24.3 Å². The van der Waals surface area contributed by atoms with Crippen LogP contribution < -0.4 is 10.2 Å². The maximum Gasteiger partial charge on any atom is 0.329 e. The quantitative estimate of drug-likeness (QED) is 0.781. The Bertz CT molecular complexity index is 493. The normalized spacial score (nSPS) is 23.4. The summed E-state index contributed by atoms with van der Waals surface area (Å²) in [6.07, 6.45) is 2.43. The van der Waals surface area contributed by atoms with Crippen molar-refractivity contribution in [3.63, 3.8) is 0 Å². The van der Waals surface area contributed by atoms with E-state index in [1.165, 1.54) is 18.4 Å². The highest BCUT2D eigenvalue weighted by Crippen LogP contribution is 2.40. The van der Waals surface area contributed by atoms with Gasteiger partial charge in [-0.2, -0.15) is 0 Å². The molecule has 18 heavy (non-hydrogen) atoms. The third-order valence-electron chi connectivity index (χ3n) is 3.40. The van der Waals surface area contributed by atoms with E-state index in [0.717, 1.165) is 4.90 Å². The van der Waals surface area contributed by atoms with Gasteiger partial charge in [0.2, 0.25) is 0 Å². The summed E-state index contributed by atoms with van der Waals surface area (Å²) in [7, 11) is 0. The Morgan fingerprint density at radius 2 is 1.89 bits per heavy atom. The zero-order chi connectivity index (χ0) is 12.7. The van der Waals surface area contributed by atoms with E-state index in [-0.39, 0.29) is 6.61 Å². The van der Waals surface area contributed by atoms with Crippen molar-refractivity contribution in [3.05, 3.63) is 29.8 Å². The van der Waals surface area contributed by atoms with Crippen molar-refractivity contribution in [1.82, 2.24) is 5.32 Å². The lowest BCUT2D eigenvalue weighted by molar-refractivity contribution is -0.119. The number of hydrogen-bond acceptors (Lipinski definition) is 3. The second-order valence-electron chi connectivity index (χ2n) is 4.72. The van der Waals surface area contributed by atoms with Crippen LogP contribution in [0.5, 0.6) is 0 Å². The number of aliphatic hydroxyl groups is 1. The molecule has 1 aromatic carbocycles. The van der Waals surface area contributed by atoms with E-state index in [1.807, 2.05) is 12.1 Å². The van der Waals surface area contributed by atoms with E-state index in [1.54, 1.807) is 12.1 Å². The second-order valence-corrected chi connectivity index (χ2v) is 4.72. The fraction of sp³-hybridized carbons (Fsp3) is 0.385. The van der Waals surface area contributed by atoms with Crippen LogP contribution in [0.3, 0.4) is 0 Å². The van der Waals surface area contributed by atoms with Crippen LogP contribution in [0, 0.1) is 0 Å². The molecule has 1 saturated carbocycles. The van der Waals surface area contributed by atoms with Crippen LogP contribution >= 0.6 is 0 Å². The van der Waals surface area contributed by atoms with Crippen LogP contribution in [0.15, 0.2) is 24.3 Å². The highest BCUT2D eigenvalue weighted by atomic mass is 16.3. The summed E-state index contributed by atoms with van der Waals surface area (Å²) in [6, 6.07) is 6.19. The fourth-order valence-electron chi connectivity index (χ4n) is 2.21. The van der Waals surface area contributed by atoms with Crippen LogP contribution in [0.2, 0.25) is 0 Å². The van der Waals surface area contributed by atoms with Gasteiger partial charge in [-0.3, -0.25) is 4.79 Å². The minimum Gasteiger partial charge on any atom is -0.394 e. The number of aliphatic hydroxyl groups excluding tert-OH is 1. The summed E-state index contributed by atoms with van der Waals surface area (Å²) in [6.45, 7) is -0.374. The second kappa shape index (κ2) is 4.10. The molecule has 2 aliphatic rings. The average Bonchev–Trinajstić information content (AvgIpc) is 3.17. The maximum absolute atomic E-state index is 11.9. The molecule has 2 fully saturated rings. The number of carbonyl (C=O) groups excluding carboxylic acids is 2. The first kappa shape index (κ1) is 11.2. The maximum atomic E-state index is 11.9. The van der Waals surface area contributed by atoms with Crippen LogP contribution in [0.4, 0.5) is 10.5 Å². The number of urea groups is 1. The summed E-state index contributed by atoms with van der Waals surface area (Å²) < 4.78 is 0. The number of nitrogens with one attached hydrogen (secondary N) is 1. The van der Waals surface area contributed by atoms with Gasteiger partial charge in [0.1, 0.15) is 6.04 Å². The molecule has 1 aromatic rings. The number of imide groups is 1. The van der Waals surface area contributed by atoms with Gasteiger partial charge in [0.15, 0.2) is 0 Å². The third kappa shape index (κ3) is 1.76. The molecule has 1 atom stereocenters. The van der Waals surface area contributed by atoms with Crippen molar-refractivity contribution in [2.24, 2.45) is 0 Å². The van der Waals surface area contributed by atoms with Crippen LogP contribution in [0.25, 0.3) is 0 Å². The van der Waals surface area contributed by atoms with E-state index in [0.29, 0.717) is 11.6 Å². The van der Waals surface area contributed by atoms with Crippen molar-refractivity contribution in [2.45, 2.75) is 24.8 Å². The van der Waals surface area contributed by atoms with Gasteiger partial charge in [-0.1, -0.05) is 12.1 Å². The molecular weight excluding hydrogens is 232 g/mol. The molecule has 5 heteroatoms. The Kier molecular flexibility index (Phi) is 2.56. The molecule has 1 aliphatic heterocycles. The lowest BCUT2D eigenvalue weighted by Gasteiger charge is -2.13. The number of anilines is 1. The predicted octanol–water partition coefficient (Wildman–Crippen LogP) is 0.981. The molecule has 3 amide bonds. The number of carbonyl (C=O) groups is 2. The van der Waals surface area contributed by atoms with Crippen molar-refractivity contribution >= 4 is 17.6 Å². The monoisotopic (exact) mass is 246 g/mol. The number of hydrogen-bond donors (Lipinski definition) is 2. The first-order valence-electron chi connectivity index (χ1n) is 6.06. The zero-order valence-electron chi connectivity index (χ0n) is 9.80. The van der Waals surface area contributed by atoms with Gasteiger partial charge in [-0.15, -0.1) is 0 Å². The highest BCUT2D eigenvalue weighted by molar-refractivity contribution is 6.21. The number of rotatable bonds is 3. The largest absolute Gasteiger partial charge is 0.394 e. The van der Waals surface area contributed by atoms with Crippen LogP contribution in [-0.2, 0) is 4.79 Å². The molecule has 0 radical (unpaired) electrons. The Labute approximate surface area is 104 Å². The molecule has 1 heterocycles. The molecule has 0 aromatic heterocycles. The lowest BCUT2D eigenvalue weighted by Crippen LogP contribution is -2.33. The van der Waals surface area contributed by atoms with Gasteiger partial charge >= 0.3 is 6.03 Å². The number of nitrogens with zero attached hydrogens (tertiary/aromatic N) is 1. The molecule has 5 nitrogen and oxygen atoms in total. The van der Waals surface area contributed by atoms with Gasteiger partial charge in [-0.05, 0) is 36.5 Å². The van der Waals surface area contributed by atoms with Crippen LogP contribution in [-0.4, -0.2) is 29.7 Å². The number of amides is 3. The first-order chi connectivity index (χ1) is 8.70. The summed E-state index contributed by atoms with van der Waals surface area (Å²) in [5, 5.41) is 11.4. The van der Waals surface area contributed by atoms with Crippen molar-refractivity contribution in [3.8, 4) is 0 Å². The topological polar surface area (TPSA) is 69.6 Å². The highest BCUT2D eigenvalue weighted by Gasteiger charge is 2.38. The Morgan fingerprint density at radius 3 is 2.39 bits per heavy atom. The van der Waals surface area contributed by atoms with Gasteiger partial charge in [0.25, 0.3) is 5.91 Å². The van der Waals surface area contributed by atoms with Crippen molar-refractivity contribution in [1.29, 1.82) is 0 Å². The van der Waals surface area contributed by atoms with Gasteiger partial charge < -0.3 is 10.4 Å². The molecule has 0 spiro atoms. The molecular formula is C13H14N2O3. The van der Waals surface area contributed by atoms with Crippen molar-refractivity contribution < 1.29 is 14.7 Å². The van der Waals surface area contributed by atoms with Crippen molar-refractivity contribution in [2.75, 3.05) is 11.5 Å². The molecule has 0 bridgehead atoms. The molecule has 94 valence electrons. The van der Waals surface area contributed by atoms with Gasteiger partial charge in [-0.25, -0.2) is 9.69 Å². The third-order valence-corrected chi connectivity index (χ3v) is 3.40. The van der Waals surface area contributed by atoms with E-state index >= 15 is 0 Å². The van der Waals surface area contributed by atoms with E-state index in [9.17, 15) is 9.59 Å². The molecule has 3 rings (SSSR count). The Morgan fingerprint density at radius 1 is 1.22 bits per heavy atom. The molecule has 0 unspecified atom stereocenters. The van der Waals surface area contributed by atoms with E-state index in [4.69, 9.17) is 5.11 Å². The summed E-state index contributed by atoms with van der Waals surface area (Å²) in [5.41, 5.74) is 1.81. The average molecular weight is 246 g/mol.